The Morgan fingerprint density at radius 2 is 2.21 bits per heavy atom. The molecule has 1 aliphatic heterocycles. The van der Waals surface area contributed by atoms with E-state index in [2.05, 4.69) is 51.9 Å². The molecule has 0 bridgehead atoms. The first-order valence-corrected chi connectivity index (χ1v) is 7.61. The van der Waals surface area contributed by atoms with E-state index in [1.165, 1.54) is 16.8 Å². The number of fused-ring (bicyclic) bond motifs is 1. The van der Waals surface area contributed by atoms with E-state index in [1.54, 1.807) is 11.3 Å². The Morgan fingerprint density at radius 1 is 1.37 bits per heavy atom. The highest BCUT2D eigenvalue weighted by atomic mass is 32.1. The van der Waals surface area contributed by atoms with Crippen LogP contribution in [0.2, 0.25) is 0 Å². The SMILES string of the molecule is CN(Cc1cscn1)CC1Cc2ccccc2CN1. The van der Waals surface area contributed by atoms with Crippen molar-refractivity contribution in [3.8, 4) is 0 Å². The quantitative estimate of drug-likeness (QED) is 0.926. The van der Waals surface area contributed by atoms with Crippen molar-refractivity contribution < 1.29 is 0 Å². The van der Waals surface area contributed by atoms with Crippen LogP contribution in [0.1, 0.15) is 16.8 Å². The predicted octanol–water partition coefficient (Wildman–Crippen LogP) is 2.29. The summed E-state index contributed by atoms with van der Waals surface area (Å²) in [6.45, 7) is 2.99. The van der Waals surface area contributed by atoms with Gasteiger partial charge in [0.1, 0.15) is 0 Å². The summed E-state index contributed by atoms with van der Waals surface area (Å²) in [5.74, 6) is 0. The van der Waals surface area contributed by atoms with Crippen LogP contribution in [0.15, 0.2) is 35.2 Å². The molecule has 1 aromatic heterocycles. The third kappa shape index (κ3) is 3.21. The van der Waals surface area contributed by atoms with Crippen molar-refractivity contribution in [2.24, 2.45) is 0 Å². The summed E-state index contributed by atoms with van der Waals surface area (Å²) in [4.78, 5) is 6.69. The molecular formula is C15H19N3S. The van der Waals surface area contributed by atoms with Gasteiger partial charge in [-0.1, -0.05) is 24.3 Å². The molecule has 1 aromatic carbocycles. The summed E-state index contributed by atoms with van der Waals surface area (Å²) in [5, 5.41) is 5.75. The van der Waals surface area contributed by atoms with Gasteiger partial charge in [0.2, 0.25) is 0 Å². The normalized spacial score (nSPS) is 18.5. The van der Waals surface area contributed by atoms with E-state index in [1.807, 2.05) is 5.51 Å². The topological polar surface area (TPSA) is 28.2 Å². The minimum Gasteiger partial charge on any atom is -0.308 e. The Bertz CT molecular complexity index is 524. The van der Waals surface area contributed by atoms with Crippen molar-refractivity contribution in [3.05, 3.63) is 52.0 Å². The van der Waals surface area contributed by atoms with Gasteiger partial charge in [0.25, 0.3) is 0 Å². The number of thiazole rings is 1. The first-order valence-electron chi connectivity index (χ1n) is 6.67. The smallest absolute Gasteiger partial charge is 0.0795 e. The van der Waals surface area contributed by atoms with Gasteiger partial charge in [-0.25, -0.2) is 4.98 Å². The van der Waals surface area contributed by atoms with Crippen LogP contribution < -0.4 is 5.32 Å². The Labute approximate surface area is 118 Å². The number of rotatable bonds is 4. The molecule has 0 amide bonds. The third-order valence-corrected chi connectivity index (χ3v) is 4.25. The summed E-state index contributed by atoms with van der Waals surface area (Å²) in [6, 6.07) is 9.27. The molecule has 0 fully saturated rings. The molecule has 2 aromatic rings. The average molecular weight is 273 g/mol. The third-order valence-electron chi connectivity index (χ3n) is 3.61. The van der Waals surface area contributed by atoms with Gasteiger partial charge >= 0.3 is 0 Å². The second kappa shape index (κ2) is 5.82. The Kier molecular flexibility index (Phi) is 3.92. The van der Waals surface area contributed by atoms with Crippen molar-refractivity contribution in [2.45, 2.75) is 25.6 Å². The Morgan fingerprint density at radius 3 is 3.00 bits per heavy atom. The lowest BCUT2D eigenvalue weighted by atomic mass is 9.96. The zero-order valence-corrected chi connectivity index (χ0v) is 12.0. The van der Waals surface area contributed by atoms with Gasteiger partial charge < -0.3 is 5.32 Å². The molecule has 0 spiro atoms. The van der Waals surface area contributed by atoms with E-state index in [9.17, 15) is 0 Å². The molecule has 0 saturated heterocycles. The monoisotopic (exact) mass is 273 g/mol. The Hall–Kier alpha value is -1.23. The minimum atomic E-state index is 0.540. The predicted molar refractivity (Wildman–Crippen MR) is 79.2 cm³/mol. The highest BCUT2D eigenvalue weighted by Crippen LogP contribution is 2.17. The van der Waals surface area contributed by atoms with Gasteiger partial charge in [-0.15, -0.1) is 11.3 Å². The molecular weight excluding hydrogens is 254 g/mol. The van der Waals surface area contributed by atoms with Gasteiger partial charge in [0.05, 0.1) is 11.2 Å². The van der Waals surface area contributed by atoms with Crippen LogP contribution in [0, 0.1) is 0 Å². The number of hydrogen-bond acceptors (Lipinski definition) is 4. The van der Waals surface area contributed by atoms with Crippen molar-refractivity contribution >= 4 is 11.3 Å². The maximum Gasteiger partial charge on any atom is 0.0795 e. The number of nitrogens with one attached hydrogen (secondary N) is 1. The van der Waals surface area contributed by atoms with Crippen LogP contribution in [0.5, 0.6) is 0 Å². The number of nitrogens with zero attached hydrogens (tertiary/aromatic N) is 2. The Balaban J connectivity index is 1.57. The second-order valence-electron chi connectivity index (χ2n) is 5.23. The van der Waals surface area contributed by atoms with Gasteiger partial charge in [-0.2, -0.15) is 0 Å². The summed E-state index contributed by atoms with van der Waals surface area (Å²) in [6.07, 6.45) is 1.12. The average Bonchev–Trinajstić information content (AvgIpc) is 2.91. The van der Waals surface area contributed by atoms with Crippen LogP contribution >= 0.6 is 11.3 Å². The standard InChI is InChI=1S/C15H19N3S/c1-18(9-15-10-19-11-17-15)8-14-6-12-4-2-3-5-13(12)7-16-14/h2-5,10-11,14,16H,6-9H2,1H3. The first kappa shape index (κ1) is 12.8. The van der Waals surface area contributed by atoms with Gasteiger partial charge in [-0.3, -0.25) is 4.90 Å². The highest BCUT2D eigenvalue weighted by molar-refractivity contribution is 7.07. The largest absolute Gasteiger partial charge is 0.308 e. The molecule has 1 unspecified atom stereocenters. The molecule has 3 rings (SSSR count). The minimum absolute atomic E-state index is 0.540. The summed E-state index contributed by atoms with van der Waals surface area (Å²) < 4.78 is 0. The maximum atomic E-state index is 4.34. The molecule has 19 heavy (non-hydrogen) atoms. The molecule has 0 saturated carbocycles. The number of aromatic nitrogens is 1. The fourth-order valence-corrected chi connectivity index (χ4v) is 3.23. The van der Waals surface area contributed by atoms with Crippen LogP contribution in [-0.4, -0.2) is 29.5 Å². The maximum absolute atomic E-state index is 4.34. The van der Waals surface area contributed by atoms with Crippen LogP contribution in [0.3, 0.4) is 0 Å². The van der Waals surface area contributed by atoms with Crippen molar-refractivity contribution in [1.29, 1.82) is 0 Å². The molecule has 0 radical (unpaired) electrons. The molecule has 4 heteroatoms. The zero-order valence-electron chi connectivity index (χ0n) is 11.2. The van der Waals surface area contributed by atoms with Crippen LogP contribution in [0.4, 0.5) is 0 Å². The van der Waals surface area contributed by atoms with E-state index >= 15 is 0 Å². The second-order valence-corrected chi connectivity index (χ2v) is 5.95. The van der Waals surface area contributed by atoms with Gasteiger partial charge in [-0.05, 0) is 24.6 Å². The van der Waals surface area contributed by atoms with Crippen molar-refractivity contribution in [2.75, 3.05) is 13.6 Å². The first-order chi connectivity index (χ1) is 9.31. The molecule has 1 atom stereocenters. The lowest BCUT2D eigenvalue weighted by Gasteiger charge is -2.29. The molecule has 1 N–H and O–H groups in total. The van der Waals surface area contributed by atoms with E-state index in [0.717, 1.165) is 26.1 Å². The molecule has 2 heterocycles. The molecule has 100 valence electrons. The zero-order chi connectivity index (χ0) is 13.1. The van der Waals surface area contributed by atoms with Crippen molar-refractivity contribution in [3.63, 3.8) is 0 Å². The van der Waals surface area contributed by atoms with Gasteiger partial charge in [0.15, 0.2) is 0 Å². The lowest BCUT2D eigenvalue weighted by Crippen LogP contribution is -2.43. The fraction of sp³-hybridized carbons (Fsp3) is 0.400. The lowest BCUT2D eigenvalue weighted by molar-refractivity contribution is 0.272. The van der Waals surface area contributed by atoms with E-state index in [4.69, 9.17) is 0 Å². The summed E-state index contributed by atoms with van der Waals surface area (Å²) in [7, 11) is 2.17. The molecule has 3 nitrogen and oxygen atoms in total. The van der Waals surface area contributed by atoms with Crippen LogP contribution in [-0.2, 0) is 19.5 Å². The summed E-state index contributed by atoms with van der Waals surface area (Å²) >= 11 is 1.66. The fourth-order valence-electron chi connectivity index (χ4n) is 2.68. The molecule has 1 aliphatic rings. The molecule has 0 aliphatic carbocycles. The van der Waals surface area contributed by atoms with E-state index in [0.29, 0.717) is 6.04 Å². The van der Waals surface area contributed by atoms with Crippen molar-refractivity contribution in [1.82, 2.24) is 15.2 Å². The van der Waals surface area contributed by atoms with E-state index in [-0.39, 0.29) is 0 Å². The highest BCUT2D eigenvalue weighted by Gasteiger charge is 2.18. The summed E-state index contributed by atoms with van der Waals surface area (Å²) in [5.41, 5.74) is 6.01. The number of benzene rings is 1. The van der Waals surface area contributed by atoms with Gasteiger partial charge in [0, 0.05) is 31.1 Å². The number of likely N-dealkylation sites (N-methyl/N-ethyl adjacent to an activating group) is 1. The van der Waals surface area contributed by atoms with E-state index < -0.39 is 0 Å². The number of hydrogen-bond donors (Lipinski definition) is 1. The van der Waals surface area contributed by atoms with Crippen LogP contribution in [0.25, 0.3) is 0 Å².